The summed E-state index contributed by atoms with van der Waals surface area (Å²) in [6.45, 7) is 2.31. The molecule has 3 aromatic rings. The molecule has 2 heterocycles. The number of fused-ring (bicyclic) bond motifs is 2. The van der Waals surface area contributed by atoms with Crippen LogP contribution in [-0.2, 0) is 13.0 Å². The van der Waals surface area contributed by atoms with E-state index in [1.54, 1.807) is 0 Å². The smallest absolute Gasteiger partial charge is 0.163 e. The number of nitrogens with zero attached hydrogens (tertiary/aromatic N) is 2. The molecular formula is C18H18ClN3O2. The van der Waals surface area contributed by atoms with Crippen LogP contribution >= 0.6 is 11.6 Å². The number of imidazole rings is 1. The molecule has 0 amide bonds. The monoisotopic (exact) mass is 343 g/mol. The Balaban J connectivity index is 1.85. The van der Waals surface area contributed by atoms with E-state index in [9.17, 15) is 0 Å². The second-order valence-corrected chi connectivity index (χ2v) is 6.14. The highest BCUT2D eigenvalue weighted by Crippen LogP contribution is 2.35. The van der Waals surface area contributed by atoms with E-state index in [2.05, 4.69) is 4.57 Å². The molecule has 0 saturated carbocycles. The summed E-state index contributed by atoms with van der Waals surface area (Å²) in [5, 5.41) is 0.746. The molecule has 2 N–H and O–H groups in total. The number of benzene rings is 2. The molecule has 1 aliphatic rings. The van der Waals surface area contributed by atoms with Gasteiger partial charge >= 0.3 is 0 Å². The number of hydrogen-bond acceptors (Lipinski definition) is 4. The summed E-state index contributed by atoms with van der Waals surface area (Å²) in [5.74, 6) is 2.44. The van der Waals surface area contributed by atoms with Crippen molar-refractivity contribution in [3.8, 4) is 11.5 Å². The summed E-state index contributed by atoms with van der Waals surface area (Å²) >= 11 is 6.33. The van der Waals surface area contributed by atoms with E-state index in [1.165, 1.54) is 0 Å². The lowest BCUT2D eigenvalue weighted by Gasteiger charge is -2.18. The van der Waals surface area contributed by atoms with Gasteiger partial charge in [0.25, 0.3) is 0 Å². The molecule has 0 bridgehead atoms. The van der Waals surface area contributed by atoms with Crippen LogP contribution in [0.15, 0.2) is 36.4 Å². The van der Waals surface area contributed by atoms with Crippen molar-refractivity contribution in [1.29, 1.82) is 0 Å². The van der Waals surface area contributed by atoms with Gasteiger partial charge in [0.15, 0.2) is 11.5 Å². The number of aromatic nitrogens is 2. The Hall–Kier alpha value is -2.24. The number of nitrogens with two attached hydrogens (primary N) is 1. The summed E-state index contributed by atoms with van der Waals surface area (Å²) in [6, 6.07) is 11.8. The number of hydrogen-bond donors (Lipinski definition) is 1. The Morgan fingerprint density at radius 1 is 1.12 bits per heavy atom. The van der Waals surface area contributed by atoms with Gasteiger partial charge < -0.3 is 19.8 Å². The molecule has 0 atom stereocenters. The van der Waals surface area contributed by atoms with Gasteiger partial charge in [0.2, 0.25) is 0 Å². The first-order valence-electron chi connectivity index (χ1n) is 7.98. The molecule has 6 heteroatoms. The van der Waals surface area contributed by atoms with E-state index in [1.807, 2.05) is 36.4 Å². The van der Waals surface area contributed by atoms with Gasteiger partial charge in [-0.05, 0) is 18.2 Å². The molecule has 2 aromatic carbocycles. The maximum Gasteiger partial charge on any atom is 0.163 e. The maximum atomic E-state index is 6.33. The largest absolute Gasteiger partial charge is 0.486 e. The summed E-state index contributed by atoms with van der Waals surface area (Å²) in [7, 11) is 0. The minimum Gasteiger partial charge on any atom is -0.486 e. The summed E-state index contributed by atoms with van der Waals surface area (Å²) in [6.07, 6.45) is 0.700. The van der Waals surface area contributed by atoms with Gasteiger partial charge in [-0.25, -0.2) is 4.98 Å². The molecular weight excluding hydrogens is 326 g/mol. The average Bonchev–Trinajstić information content (AvgIpc) is 2.92. The second kappa shape index (κ2) is 6.34. The lowest BCUT2D eigenvalue weighted by Crippen LogP contribution is -2.15. The van der Waals surface area contributed by atoms with E-state index >= 15 is 0 Å². The van der Waals surface area contributed by atoms with E-state index < -0.39 is 0 Å². The van der Waals surface area contributed by atoms with Crippen molar-refractivity contribution in [2.75, 3.05) is 19.8 Å². The van der Waals surface area contributed by atoms with Gasteiger partial charge in [-0.1, -0.05) is 29.8 Å². The second-order valence-electron chi connectivity index (χ2n) is 5.73. The number of ether oxygens (including phenoxy) is 2. The fourth-order valence-corrected chi connectivity index (χ4v) is 3.20. The van der Waals surface area contributed by atoms with Crippen LogP contribution in [0.4, 0.5) is 0 Å². The Morgan fingerprint density at radius 3 is 2.62 bits per heavy atom. The SMILES string of the molecule is NCCc1nc2cc3c(cc2n1Cc1ccccc1Cl)OCCO3. The standard InChI is InChI=1S/C18H18ClN3O2/c19-13-4-2-1-3-12(13)11-22-15-10-17-16(23-7-8-24-17)9-14(15)21-18(22)5-6-20/h1-4,9-10H,5-8,11,20H2. The van der Waals surface area contributed by atoms with E-state index in [0.717, 1.165) is 38.9 Å². The van der Waals surface area contributed by atoms with Gasteiger partial charge in [-0.3, -0.25) is 0 Å². The zero-order chi connectivity index (χ0) is 16.5. The van der Waals surface area contributed by atoms with Crippen LogP contribution < -0.4 is 15.2 Å². The minimum absolute atomic E-state index is 0.540. The van der Waals surface area contributed by atoms with Crippen LogP contribution in [0.1, 0.15) is 11.4 Å². The summed E-state index contributed by atoms with van der Waals surface area (Å²) < 4.78 is 13.5. The Morgan fingerprint density at radius 2 is 1.88 bits per heavy atom. The zero-order valence-electron chi connectivity index (χ0n) is 13.2. The summed E-state index contributed by atoms with van der Waals surface area (Å²) in [5.41, 5.74) is 8.70. The predicted octanol–water partition coefficient (Wildman–Crippen LogP) is 3.01. The average molecular weight is 344 g/mol. The van der Waals surface area contributed by atoms with Gasteiger partial charge in [-0.15, -0.1) is 0 Å². The van der Waals surface area contributed by atoms with Crippen molar-refractivity contribution >= 4 is 22.6 Å². The minimum atomic E-state index is 0.540. The third-order valence-electron chi connectivity index (χ3n) is 4.15. The van der Waals surface area contributed by atoms with E-state index in [-0.39, 0.29) is 0 Å². The highest BCUT2D eigenvalue weighted by Gasteiger charge is 2.18. The lowest BCUT2D eigenvalue weighted by atomic mass is 10.2. The fraction of sp³-hybridized carbons (Fsp3) is 0.278. The third kappa shape index (κ3) is 2.70. The molecule has 124 valence electrons. The van der Waals surface area contributed by atoms with Gasteiger partial charge in [0.05, 0.1) is 17.6 Å². The fourth-order valence-electron chi connectivity index (χ4n) is 3.00. The topological polar surface area (TPSA) is 62.3 Å². The predicted molar refractivity (Wildman–Crippen MR) is 94.0 cm³/mol. The molecule has 24 heavy (non-hydrogen) atoms. The Bertz CT molecular complexity index is 891. The summed E-state index contributed by atoms with van der Waals surface area (Å²) in [4.78, 5) is 4.74. The third-order valence-corrected chi connectivity index (χ3v) is 4.51. The van der Waals surface area contributed by atoms with Crippen molar-refractivity contribution in [3.63, 3.8) is 0 Å². The maximum absolute atomic E-state index is 6.33. The first kappa shape index (κ1) is 15.3. The molecule has 0 saturated heterocycles. The number of halogens is 1. The highest BCUT2D eigenvalue weighted by atomic mass is 35.5. The zero-order valence-corrected chi connectivity index (χ0v) is 13.9. The number of rotatable bonds is 4. The van der Waals surface area contributed by atoms with Crippen LogP contribution in [0.25, 0.3) is 11.0 Å². The van der Waals surface area contributed by atoms with Crippen molar-refractivity contribution in [3.05, 3.63) is 52.8 Å². The molecule has 4 rings (SSSR count). The highest BCUT2D eigenvalue weighted by molar-refractivity contribution is 6.31. The van der Waals surface area contributed by atoms with Crippen LogP contribution in [0, 0.1) is 0 Å². The van der Waals surface area contributed by atoms with Crippen LogP contribution in [0.3, 0.4) is 0 Å². The van der Waals surface area contributed by atoms with Crippen molar-refractivity contribution in [1.82, 2.24) is 9.55 Å². The molecule has 1 aliphatic heterocycles. The lowest BCUT2D eigenvalue weighted by molar-refractivity contribution is 0.172. The molecule has 0 aliphatic carbocycles. The molecule has 0 spiro atoms. The molecule has 0 fully saturated rings. The Kier molecular flexibility index (Phi) is 4.04. The van der Waals surface area contributed by atoms with Crippen molar-refractivity contribution in [2.45, 2.75) is 13.0 Å². The molecule has 0 radical (unpaired) electrons. The van der Waals surface area contributed by atoms with Crippen molar-refractivity contribution in [2.24, 2.45) is 5.73 Å². The van der Waals surface area contributed by atoms with Crippen LogP contribution in [0.5, 0.6) is 11.5 Å². The first-order valence-corrected chi connectivity index (χ1v) is 8.36. The molecule has 1 aromatic heterocycles. The van der Waals surface area contributed by atoms with Crippen LogP contribution in [0.2, 0.25) is 5.02 Å². The normalized spacial score (nSPS) is 13.4. The quantitative estimate of drug-likeness (QED) is 0.791. The van der Waals surface area contributed by atoms with Crippen LogP contribution in [-0.4, -0.2) is 29.3 Å². The molecule has 5 nitrogen and oxygen atoms in total. The van der Waals surface area contributed by atoms with Gasteiger partial charge in [-0.2, -0.15) is 0 Å². The first-order chi connectivity index (χ1) is 11.8. The van der Waals surface area contributed by atoms with Crippen molar-refractivity contribution < 1.29 is 9.47 Å². The van der Waals surface area contributed by atoms with Gasteiger partial charge in [0, 0.05) is 23.6 Å². The van der Waals surface area contributed by atoms with E-state index in [0.29, 0.717) is 32.7 Å². The molecule has 0 unspecified atom stereocenters. The Labute approximate surface area is 144 Å². The van der Waals surface area contributed by atoms with E-state index in [4.69, 9.17) is 31.8 Å². The van der Waals surface area contributed by atoms with Gasteiger partial charge in [0.1, 0.15) is 19.0 Å².